The Balaban J connectivity index is 5.45. The average molecular weight is 492 g/mol. The summed E-state index contributed by atoms with van der Waals surface area (Å²) in [6, 6.07) is -4.24. The molecule has 33 heavy (non-hydrogen) atoms. The number of nitrogens with one attached hydrogen (secondary N) is 3. The third-order valence-electron chi connectivity index (χ3n) is 4.94. The lowest BCUT2D eigenvalue weighted by Crippen LogP contribution is -2.58. The third kappa shape index (κ3) is 12.8. The van der Waals surface area contributed by atoms with Crippen LogP contribution in [-0.2, 0) is 19.2 Å². The van der Waals surface area contributed by atoms with Crippen molar-refractivity contribution >= 4 is 35.5 Å². The summed E-state index contributed by atoms with van der Waals surface area (Å²) < 4.78 is 0. The van der Waals surface area contributed by atoms with Crippen LogP contribution in [0.3, 0.4) is 0 Å². The van der Waals surface area contributed by atoms with E-state index in [4.69, 9.17) is 11.5 Å². The van der Waals surface area contributed by atoms with Gasteiger partial charge in [0, 0.05) is 0 Å². The molecule has 11 nitrogen and oxygen atoms in total. The van der Waals surface area contributed by atoms with Crippen molar-refractivity contribution in [3.63, 3.8) is 0 Å². The van der Waals surface area contributed by atoms with Crippen molar-refractivity contribution < 1.29 is 29.4 Å². The minimum atomic E-state index is -1.52. The average Bonchev–Trinajstić information content (AvgIpc) is 2.73. The highest BCUT2D eigenvalue weighted by molar-refractivity contribution is 7.98. The fourth-order valence-electron chi connectivity index (χ4n) is 3.03. The Labute approximate surface area is 200 Å². The van der Waals surface area contributed by atoms with E-state index < -0.39 is 54.0 Å². The molecular weight excluding hydrogens is 450 g/mol. The Bertz CT molecular complexity index is 634. The fourth-order valence-corrected chi connectivity index (χ4v) is 3.52. The van der Waals surface area contributed by atoms with Crippen LogP contribution in [0.25, 0.3) is 0 Å². The summed E-state index contributed by atoms with van der Waals surface area (Å²) in [4.78, 5) is 49.5. The minimum absolute atomic E-state index is 0.0691. The number of aliphatic carboxylic acids is 1. The lowest BCUT2D eigenvalue weighted by molar-refractivity contribution is -0.145. The van der Waals surface area contributed by atoms with Crippen LogP contribution in [0, 0.1) is 5.92 Å². The van der Waals surface area contributed by atoms with Gasteiger partial charge in [0.15, 0.2) is 6.04 Å². The van der Waals surface area contributed by atoms with E-state index in [1.165, 1.54) is 6.92 Å². The van der Waals surface area contributed by atoms with E-state index in [1.807, 2.05) is 20.1 Å². The number of carboxylic acids is 1. The smallest absolute Gasteiger partial charge is 0.328 e. The zero-order chi connectivity index (χ0) is 25.6. The molecule has 192 valence electrons. The molecule has 0 rings (SSSR count). The molecule has 0 aliphatic carbocycles. The van der Waals surface area contributed by atoms with Crippen LogP contribution >= 0.6 is 11.8 Å². The molecule has 0 aromatic carbocycles. The van der Waals surface area contributed by atoms with Crippen molar-refractivity contribution in [2.24, 2.45) is 17.4 Å². The first-order valence-electron chi connectivity index (χ1n) is 11.2. The van der Waals surface area contributed by atoms with Crippen molar-refractivity contribution in [1.29, 1.82) is 0 Å². The second-order valence-corrected chi connectivity index (χ2v) is 9.48. The molecule has 0 spiro atoms. The molecule has 0 aliphatic heterocycles. The Morgan fingerprint density at radius 3 is 1.97 bits per heavy atom. The maximum absolute atomic E-state index is 13.0. The number of hydrogen-bond donors (Lipinski definition) is 7. The Morgan fingerprint density at radius 1 is 0.909 bits per heavy atom. The molecule has 0 fully saturated rings. The lowest BCUT2D eigenvalue weighted by atomic mass is 10.0. The van der Waals surface area contributed by atoms with Crippen molar-refractivity contribution in [3.05, 3.63) is 0 Å². The van der Waals surface area contributed by atoms with Crippen molar-refractivity contribution in [1.82, 2.24) is 16.0 Å². The zero-order valence-corrected chi connectivity index (χ0v) is 20.8. The predicted octanol–water partition coefficient (Wildman–Crippen LogP) is -0.838. The maximum atomic E-state index is 13.0. The van der Waals surface area contributed by atoms with Crippen LogP contribution in [0.4, 0.5) is 0 Å². The van der Waals surface area contributed by atoms with Gasteiger partial charge >= 0.3 is 5.97 Å². The van der Waals surface area contributed by atoms with Gasteiger partial charge in [0.2, 0.25) is 17.7 Å². The number of unbranched alkanes of at least 4 members (excludes halogenated alkanes) is 1. The van der Waals surface area contributed by atoms with Gasteiger partial charge < -0.3 is 37.6 Å². The summed E-state index contributed by atoms with van der Waals surface area (Å²) in [7, 11) is 0. The topological polar surface area (TPSA) is 197 Å². The quantitative estimate of drug-likeness (QED) is 0.127. The maximum Gasteiger partial charge on any atom is 0.328 e. The van der Waals surface area contributed by atoms with E-state index in [2.05, 4.69) is 16.0 Å². The SMILES string of the molecule is CSCCC(N)C(=O)NC(CC(C)C)C(=O)NC(CCCCN)C(=O)NC(C(=O)O)C(C)O. The van der Waals surface area contributed by atoms with Crippen LogP contribution < -0.4 is 27.4 Å². The van der Waals surface area contributed by atoms with Gasteiger partial charge in [-0.05, 0) is 63.5 Å². The third-order valence-corrected chi connectivity index (χ3v) is 5.58. The predicted molar refractivity (Wildman–Crippen MR) is 128 cm³/mol. The zero-order valence-electron chi connectivity index (χ0n) is 20.0. The number of carboxylic acid groups (broad SMARTS) is 1. The minimum Gasteiger partial charge on any atom is -0.480 e. The largest absolute Gasteiger partial charge is 0.480 e. The fraction of sp³-hybridized carbons (Fsp3) is 0.810. The van der Waals surface area contributed by atoms with Crippen LogP contribution in [0.5, 0.6) is 0 Å². The van der Waals surface area contributed by atoms with Gasteiger partial charge in [-0.15, -0.1) is 0 Å². The number of nitrogens with two attached hydrogens (primary N) is 2. The first-order chi connectivity index (χ1) is 15.4. The Hall–Kier alpha value is -1.89. The monoisotopic (exact) mass is 491 g/mol. The van der Waals surface area contributed by atoms with Gasteiger partial charge in [-0.25, -0.2) is 4.79 Å². The standard InChI is InChI=1S/C21H41N5O6S/c1-12(2)11-16(25-18(28)14(23)8-10-33-4)20(30)24-15(7-5-6-9-22)19(29)26-17(13(3)27)21(31)32/h12-17,27H,5-11,22-23H2,1-4H3,(H,24,30)(H,25,28)(H,26,29)(H,31,32). The number of carbonyl (C=O) groups excluding carboxylic acids is 3. The lowest BCUT2D eigenvalue weighted by Gasteiger charge is -2.26. The normalized spacial score (nSPS) is 15.8. The van der Waals surface area contributed by atoms with E-state index in [1.54, 1.807) is 11.8 Å². The van der Waals surface area contributed by atoms with Crippen LogP contribution in [0.1, 0.15) is 52.9 Å². The van der Waals surface area contributed by atoms with Crippen molar-refractivity contribution in [2.45, 2.75) is 83.1 Å². The van der Waals surface area contributed by atoms with Crippen LogP contribution in [0.15, 0.2) is 0 Å². The molecule has 9 N–H and O–H groups in total. The first kappa shape index (κ1) is 31.1. The van der Waals surface area contributed by atoms with Crippen LogP contribution in [0.2, 0.25) is 0 Å². The number of aliphatic hydroxyl groups is 1. The van der Waals surface area contributed by atoms with Gasteiger partial charge in [-0.2, -0.15) is 11.8 Å². The number of hydrogen-bond acceptors (Lipinski definition) is 8. The van der Waals surface area contributed by atoms with E-state index >= 15 is 0 Å². The molecule has 0 aromatic rings. The molecule has 5 atom stereocenters. The van der Waals surface area contributed by atoms with E-state index in [0.717, 1.165) is 0 Å². The molecule has 0 aliphatic rings. The van der Waals surface area contributed by atoms with Gasteiger partial charge in [0.1, 0.15) is 12.1 Å². The molecule has 5 unspecified atom stereocenters. The summed E-state index contributed by atoms with van der Waals surface area (Å²) in [5.41, 5.74) is 11.4. The van der Waals surface area contributed by atoms with Gasteiger partial charge in [-0.1, -0.05) is 13.8 Å². The van der Waals surface area contributed by atoms with Gasteiger partial charge in [0.25, 0.3) is 0 Å². The molecule has 0 saturated carbocycles. The molecule has 0 bridgehead atoms. The number of rotatable bonds is 17. The number of amides is 3. The highest BCUT2D eigenvalue weighted by Crippen LogP contribution is 2.09. The molecule has 3 amide bonds. The van der Waals surface area contributed by atoms with Gasteiger partial charge in [-0.3, -0.25) is 14.4 Å². The van der Waals surface area contributed by atoms with Crippen molar-refractivity contribution in [2.75, 3.05) is 18.6 Å². The molecule has 12 heteroatoms. The van der Waals surface area contributed by atoms with E-state index in [9.17, 15) is 29.4 Å². The molecule has 0 heterocycles. The first-order valence-corrected chi connectivity index (χ1v) is 12.6. The molecular formula is C21H41N5O6S. The summed E-state index contributed by atoms with van der Waals surface area (Å²) >= 11 is 1.56. The molecule has 0 saturated heterocycles. The Kier molecular flexibility index (Phi) is 15.7. The summed E-state index contributed by atoms with van der Waals surface area (Å²) in [5, 5.41) is 26.4. The second kappa shape index (κ2) is 16.7. The highest BCUT2D eigenvalue weighted by Gasteiger charge is 2.31. The highest BCUT2D eigenvalue weighted by atomic mass is 32.2. The van der Waals surface area contributed by atoms with E-state index in [-0.39, 0.29) is 12.3 Å². The number of aliphatic hydroxyl groups excluding tert-OH is 1. The number of thioether (sulfide) groups is 1. The molecule has 0 aromatic heterocycles. The summed E-state index contributed by atoms with van der Waals surface area (Å²) in [6.45, 7) is 5.43. The Morgan fingerprint density at radius 2 is 1.48 bits per heavy atom. The molecule has 0 radical (unpaired) electrons. The van der Waals surface area contributed by atoms with Crippen LogP contribution in [-0.4, -0.2) is 82.7 Å². The summed E-state index contributed by atoms with van der Waals surface area (Å²) in [5.74, 6) is -2.37. The summed E-state index contributed by atoms with van der Waals surface area (Å²) in [6.07, 6.45) is 2.70. The van der Waals surface area contributed by atoms with Crippen molar-refractivity contribution in [3.8, 4) is 0 Å². The number of carbonyl (C=O) groups is 4. The van der Waals surface area contributed by atoms with Gasteiger partial charge in [0.05, 0.1) is 12.1 Å². The van der Waals surface area contributed by atoms with E-state index in [0.29, 0.717) is 38.0 Å². The second-order valence-electron chi connectivity index (χ2n) is 8.49.